The molecule has 1 aliphatic carbocycles. The van der Waals surface area contributed by atoms with E-state index in [1.165, 1.54) is 0 Å². The SMILES string of the molecule is NCc1ccc(C(=O)NC2CC=CCC2)o1. The normalized spacial score (nSPS) is 19.7. The summed E-state index contributed by atoms with van der Waals surface area (Å²) in [6.07, 6.45) is 7.16. The van der Waals surface area contributed by atoms with E-state index in [0.717, 1.165) is 19.3 Å². The summed E-state index contributed by atoms with van der Waals surface area (Å²) >= 11 is 0. The van der Waals surface area contributed by atoms with Gasteiger partial charge in [-0.3, -0.25) is 4.79 Å². The molecule has 1 aliphatic rings. The lowest BCUT2D eigenvalue weighted by atomic mass is 10.0. The van der Waals surface area contributed by atoms with Crippen LogP contribution in [0.1, 0.15) is 35.6 Å². The Bertz CT molecular complexity index is 395. The summed E-state index contributed by atoms with van der Waals surface area (Å²) in [7, 11) is 0. The van der Waals surface area contributed by atoms with E-state index in [9.17, 15) is 4.79 Å². The van der Waals surface area contributed by atoms with Crippen LogP contribution in [0.4, 0.5) is 0 Å². The van der Waals surface area contributed by atoms with E-state index >= 15 is 0 Å². The predicted molar refractivity (Wildman–Crippen MR) is 60.8 cm³/mol. The van der Waals surface area contributed by atoms with Gasteiger partial charge in [0.15, 0.2) is 5.76 Å². The van der Waals surface area contributed by atoms with Gasteiger partial charge in [0.2, 0.25) is 0 Å². The van der Waals surface area contributed by atoms with Gasteiger partial charge in [0.25, 0.3) is 5.91 Å². The third-order valence-corrected chi connectivity index (χ3v) is 2.69. The Hall–Kier alpha value is -1.55. The van der Waals surface area contributed by atoms with Gasteiger partial charge in [-0.25, -0.2) is 0 Å². The van der Waals surface area contributed by atoms with Crippen molar-refractivity contribution in [1.82, 2.24) is 5.32 Å². The van der Waals surface area contributed by atoms with Crippen LogP contribution in [-0.4, -0.2) is 11.9 Å². The van der Waals surface area contributed by atoms with Gasteiger partial charge < -0.3 is 15.5 Å². The minimum absolute atomic E-state index is 0.153. The largest absolute Gasteiger partial charge is 0.455 e. The summed E-state index contributed by atoms with van der Waals surface area (Å²) in [6, 6.07) is 3.62. The van der Waals surface area contributed by atoms with Crippen LogP contribution in [-0.2, 0) is 6.54 Å². The maximum Gasteiger partial charge on any atom is 0.287 e. The van der Waals surface area contributed by atoms with Crippen LogP contribution >= 0.6 is 0 Å². The maximum absolute atomic E-state index is 11.8. The van der Waals surface area contributed by atoms with Crippen LogP contribution in [0.3, 0.4) is 0 Å². The van der Waals surface area contributed by atoms with E-state index in [0.29, 0.717) is 18.1 Å². The van der Waals surface area contributed by atoms with Crippen LogP contribution in [0.2, 0.25) is 0 Å². The highest BCUT2D eigenvalue weighted by molar-refractivity contribution is 5.91. The molecule has 0 saturated carbocycles. The average molecular weight is 220 g/mol. The molecule has 1 heterocycles. The molecule has 0 aliphatic heterocycles. The standard InChI is InChI=1S/C12H16N2O2/c13-8-10-6-7-11(16-10)12(15)14-9-4-2-1-3-5-9/h1-2,6-7,9H,3-5,8,13H2,(H,14,15). The molecular formula is C12H16N2O2. The molecule has 0 radical (unpaired) electrons. The molecule has 1 aromatic heterocycles. The Kier molecular flexibility index (Phi) is 3.41. The highest BCUT2D eigenvalue weighted by Crippen LogP contribution is 2.12. The summed E-state index contributed by atoms with van der Waals surface area (Å²) in [5.74, 6) is 0.823. The highest BCUT2D eigenvalue weighted by atomic mass is 16.4. The summed E-state index contributed by atoms with van der Waals surface area (Å²) in [6.45, 7) is 0.319. The van der Waals surface area contributed by atoms with E-state index in [1.807, 2.05) is 0 Å². The van der Waals surface area contributed by atoms with Gasteiger partial charge in [-0.05, 0) is 31.4 Å². The maximum atomic E-state index is 11.8. The molecule has 1 atom stereocenters. The molecule has 1 aromatic rings. The molecule has 0 bridgehead atoms. The summed E-state index contributed by atoms with van der Waals surface area (Å²) in [5.41, 5.74) is 5.41. The van der Waals surface area contributed by atoms with Crippen molar-refractivity contribution in [2.24, 2.45) is 5.73 Å². The first-order chi connectivity index (χ1) is 7.79. The number of allylic oxidation sites excluding steroid dienone is 1. The molecule has 2 rings (SSSR count). The monoisotopic (exact) mass is 220 g/mol. The van der Waals surface area contributed by atoms with Crippen molar-refractivity contribution in [2.75, 3.05) is 0 Å². The Labute approximate surface area is 94.5 Å². The van der Waals surface area contributed by atoms with Crippen LogP contribution < -0.4 is 11.1 Å². The average Bonchev–Trinajstić information content (AvgIpc) is 2.79. The quantitative estimate of drug-likeness (QED) is 0.760. The first-order valence-corrected chi connectivity index (χ1v) is 5.54. The van der Waals surface area contributed by atoms with Crippen molar-refractivity contribution in [3.63, 3.8) is 0 Å². The number of nitrogens with one attached hydrogen (secondary N) is 1. The number of rotatable bonds is 3. The van der Waals surface area contributed by atoms with E-state index in [1.54, 1.807) is 12.1 Å². The number of furan rings is 1. The van der Waals surface area contributed by atoms with Crippen LogP contribution in [0, 0.1) is 0 Å². The van der Waals surface area contributed by atoms with Crippen LogP contribution in [0.25, 0.3) is 0 Å². The zero-order chi connectivity index (χ0) is 11.4. The van der Waals surface area contributed by atoms with Crippen molar-refractivity contribution in [3.8, 4) is 0 Å². The molecule has 86 valence electrons. The molecule has 3 N–H and O–H groups in total. The highest BCUT2D eigenvalue weighted by Gasteiger charge is 2.16. The number of carbonyl (C=O) groups is 1. The van der Waals surface area contributed by atoms with E-state index in [2.05, 4.69) is 17.5 Å². The number of nitrogens with two attached hydrogens (primary N) is 1. The molecule has 0 fully saturated rings. The van der Waals surface area contributed by atoms with Crippen molar-refractivity contribution >= 4 is 5.91 Å². The second-order valence-corrected chi connectivity index (χ2v) is 3.92. The molecule has 0 saturated heterocycles. The van der Waals surface area contributed by atoms with E-state index < -0.39 is 0 Å². The Morgan fingerprint density at radius 1 is 1.50 bits per heavy atom. The fourth-order valence-corrected chi connectivity index (χ4v) is 1.79. The summed E-state index contributed by atoms with van der Waals surface area (Å²) in [4.78, 5) is 11.8. The predicted octanol–water partition coefficient (Wildman–Crippen LogP) is 1.58. The van der Waals surface area contributed by atoms with E-state index in [4.69, 9.17) is 10.2 Å². The molecule has 0 spiro atoms. The number of hydrogen-bond acceptors (Lipinski definition) is 3. The molecule has 1 unspecified atom stereocenters. The lowest BCUT2D eigenvalue weighted by Gasteiger charge is -2.18. The number of hydrogen-bond donors (Lipinski definition) is 2. The molecule has 1 amide bonds. The minimum Gasteiger partial charge on any atom is -0.455 e. The van der Waals surface area contributed by atoms with Crippen molar-refractivity contribution < 1.29 is 9.21 Å². The summed E-state index contributed by atoms with van der Waals surface area (Å²) < 4.78 is 5.28. The van der Waals surface area contributed by atoms with Gasteiger partial charge in [-0.2, -0.15) is 0 Å². The van der Waals surface area contributed by atoms with Crippen molar-refractivity contribution in [1.29, 1.82) is 0 Å². The Morgan fingerprint density at radius 2 is 2.38 bits per heavy atom. The lowest BCUT2D eigenvalue weighted by molar-refractivity contribution is 0.0905. The second-order valence-electron chi connectivity index (χ2n) is 3.92. The second kappa shape index (κ2) is 4.99. The fraction of sp³-hybridized carbons (Fsp3) is 0.417. The van der Waals surface area contributed by atoms with Gasteiger partial charge in [0, 0.05) is 6.04 Å². The molecule has 0 aromatic carbocycles. The van der Waals surface area contributed by atoms with Crippen molar-refractivity contribution in [2.45, 2.75) is 31.8 Å². The molecule has 4 nitrogen and oxygen atoms in total. The zero-order valence-corrected chi connectivity index (χ0v) is 9.11. The van der Waals surface area contributed by atoms with Crippen LogP contribution in [0.5, 0.6) is 0 Å². The number of carbonyl (C=O) groups excluding carboxylic acids is 1. The van der Waals surface area contributed by atoms with Gasteiger partial charge in [-0.15, -0.1) is 0 Å². The smallest absolute Gasteiger partial charge is 0.287 e. The minimum atomic E-state index is -0.153. The molecule has 16 heavy (non-hydrogen) atoms. The summed E-state index contributed by atoms with van der Waals surface area (Å²) in [5, 5.41) is 2.95. The third kappa shape index (κ3) is 2.52. The lowest BCUT2D eigenvalue weighted by Crippen LogP contribution is -2.35. The fourth-order valence-electron chi connectivity index (χ4n) is 1.79. The first-order valence-electron chi connectivity index (χ1n) is 5.54. The Balaban J connectivity index is 1.94. The third-order valence-electron chi connectivity index (χ3n) is 2.69. The molecular weight excluding hydrogens is 204 g/mol. The van der Waals surface area contributed by atoms with Crippen LogP contribution in [0.15, 0.2) is 28.7 Å². The molecule has 4 heteroatoms. The van der Waals surface area contributed by atoms with Gasteiger partial charge in [0.1, 0.15) is 5.76 Å². The van der Waals surface area contributed by atoms with Gasteiger partial charge in [-0.1, -0.05) is 12.2 Å². The van der Waals surface area contributed by atoms with Gasteiger partial charge >= 0.3 is 0 Å². The van der Waals surface area contributed by atoms with Gasteiger partial charge in [0.05, 0.1) is 6.54 Å². The number of amides is 1. The van der Waals surface area contributed by atoms with E-state index in [-0.39, 0.29) is 11.9 Å². The topological polar surface area (TPSA) is 68.3 Å². The first kappa shape index (κ1) is 11.0. The Morgan fingerprint density at radius 3 is 3.00 bits per heavy atom. The zero-order valence-electron chi connectivity index (χ0n) is 9.11. The van der Waals surface area contributed by atoms with Crippen molar-refractivity contribution in [3.05, 3.63) is 35.8 Å².